The van der Waals surface area contributed by atoms with Crippen LogP contribution in [0, 0.1) is 5.41 Å². The number of carbonyl (C=O) groups excluding carboxylic acids is 2. The third-order valence-corrected chi connectivity index (χ3v) is 4.46. The van der Waals surface area contributed by atoms with Crippen LogP contribution in [0.25, 0.3) is 10.8 Å². The summed E-state index contributed by atoms with van der Waals surface area (Å²) in [5, 5.41) is 0.898. The molecule has 1 aliphatic heterocycles. The van der Waals surface area contributed by atoms with Crippen molar-refractivity contribution in [1.82, 2.24) is 0 Å². The average molecular weight is 333 g/mol. The first-order valence-electron chi connectivity index (χ1n) is 7.39. The Bertz CT molecular complexity index is 763. The zero-order chi connectivity index (χ0) is 16.6. The normalized spacial score (nSPS) is 21.0. The van der Waals surface area contributed by atoms with Gasteiger partial charge in [0.1, 0.15) is 6.61 Å². The van der Waals surface area contributed by atoms with Gasteiger partial charge in [-0.05, 0) is 16.3 Å². The summed E-state index contributed by atoms with van der Waals surface area (Å²) in [4.78, 5) is 24.2. The number of hydrogen-bond donors (Lipinski definition) is 0. The van der Waals surface area contributed by atoms with Gasteiger partial charge in [0.25, 0.3) is 0 Å². The first-order chi connectivity index (χ1) is 10.9. The molecule has 2 aromatic rings. The number of hydrogen-bond acceptors (Lipinski definition) is 4. The third-order valence-electron chi connectivity index (χ3n) is 4.05. The third kappa shape index (κ3) is 2.91. The first kappa shape index (κ1) is 15.8. The molecule has 5 heteroatoms. The molecule has 4 nitrogen and oxygen atoms in total. The maximum absolute atomic E-state index is 12.4. The van der Waals surface area contributed by atoms with Gasteiger partial charge >= 0.3 is 11.9 Å². The molecule has 120 valence electrons. The number of benzene rings is 2. The highest BCUT2D eigenvalue weighted by Crippen LogP contribution is 2.34. The van der Waals surface area contributed by atoms with Gasteiger partial charge in [-0.1, -0.05) is 56.3 Å². The predicted octanol–water partition coefficient (Wildman–Crippen LogP) is 3.61. The molecule has 0 unspecified atom stereocenters. The van der Waals surface area contributed by atoms with Gasteiger partial charge in [-0.25, -0.2) is 4.79 Å². The summed E-state index contributed by atoms with van der Waals surface area (Å²) in [6, 6.07) is 13.2. The fraction of sp³-hybridized carbons (Fsp3) is 0.333. The van der Waals surface area contributed by atoms with Crippen LogP contribution in [0.15, 0.2) is 42.5 Å². The second-order valence-electron chi connectivity index (χ2n) is 6.34. The lowest BCUT2D eigenvalue weighted by atomic mass is 9.90. The van der Waals surface area contributed by atoms with E-state index in [0.29, 0.717) is 5.56 Å². The van der Waals surface area contributed by atoms with Crippen molar-refractivity contribution in [1.29, 1.82) is 0 Å². The van der Waals surface area contributed by atoms with E-state index in [1.54, 1.807) is 6.07 Å². The molecule has 3 rings (SSSR count). The van der Waals surface area contributed by atoms with Crippen LogP contribution >= 0.6 is 11.6 Å². The summed E-state index contributed by atoms with van der Waals surface area (Å²) < 4.78 is 10.3. The largest absolute Gasteiger partial charge is 0.462 e. The van der Waals surface area contributed by atoms with Crippen molar-refractivity contribution in [2.45, 2.75) is 25.3 Å². The van der Waals surface area contributed by atoms with Crippen molar-refractivity contribution in [2.75, 3.05) is 6.61 Å². The summed E-state index contributed by atoms with van der Waals surface area (Å²) in [5.41, 5.74) is 0.112. The highest BCUT2D eigenvalue weighted by molar-refractivity contribution is 6.31. The van der Waals surface area contributed by atoms with Gasteiger partial charge in [0, 0.05) is 5.41 Å². The van der Waals surface area contributed by atoms with E-state index in [9.17, 15) is 9.59 Å². The highest BCUT2D eigenvalue weighted by Gasteiger charge is 2.47. The molecule has 0 amide bonds. The van der Waals surface area contributed by atoms with Gasteiger partial charge in [0.05, 0.1) is 0 Å². The van der Waals surface area contributed by atoms with Crippen molar-refractivity contribution in [3.05, 3.63) is 48.0 Å². The Balaban J connectivity index is 1.86. The van der Waals surface area contributed by atoms with Gasteiger partial charge in [0.2, 0.25) is 6.10 Å². The predicted molar refractivity (Wildman–Crippen MR) is 87.2 cm³/mol. The number of halogens is 1. The second-order valence-corrected chi connectivity index (χ2v) is 6.78. The lowest BCUT2D eigenvalue weighted by Crippen LogP contribution is -2.35. The molecule has 0 aliphatic carbocycles. The Labute approximate surface area is 139 Å². The summed E-state index contributed by atoms with van der Waals surface area (Å²) in [6.07, 6.45) is -0.925. The Morgan fingerprint density at radius 2 is 1.96 bits per heavy atom. The molecule has 1 saturated heterocycles. The van der Waals surface area contributed by atoms with Crippen LogP contribution in [-0.2, 0) is 19.1 Å². The van der Waals surface area contributed by atoms with Crippen LogP contribution < -0.4 is 0 Å². The van der Waals surface area contributed by atoms with Crippen molar-refractivity contribution in [3.63, 3.8) is 0 Å². The molecule has 0 spiro atoms. The quantitative estimate of drug-likeness (QED) is 0.636. The molecule has 23 heavy (non-hydrogen) atoms. The minimum atomic E-state index is -0.981. The van der Waals surface area contributed by atoms with Crippen LogP contribution in [0.2, 0.25) is 0 Å². The lowest BCUT2D eigenvalue weighted by molar-refractivity contribution is -0.162. The maximum Gasteiger partial charge on any atom is 0.348 e. The van der Waals surface area contributed by atoms with Crippen molar-refractivity contribution >= 4 is 34.3 Å². The van der Waals surface area contributed by atoms with Crippen LogP contribution in [0.4, 0.5) is 0 Å². The molecular formula is C18H17ClO4. The number of cyclic esters (lactones) is 1. The number of rotatable bonds is 3. The van der Waals surface area contributed by atoms with E-state index >= 15 is 0 Å². The fourth-order valence-electron chi connectivity index (χ4n) is 2.71. The Morgan fingerprint density at radius 3 is 2.65 bits per heavy atom. The molecular weight excluding hydrogens is 316 g/mol. The monoisotopic (exact) mass is 332 g/mol. The van der Waals surface area contributed by atoms with Gasteiger partial charge in [-0.15, -0.1) is 11.6 Å². The molecule has 1 heterocycles. The minimum absolute atomic E-state index is 0.227. The Kier molecular flexibility index (Phi) is 4.02. The number of esters is 2. The molecule has 2 atom stereocenters. The van der Waals surface area contributed by atoms with E-state index in [1.807, 2.05) is 50.2 Å². The Hall–Kier alpha value is -2.07. The topological polar surface area (TPSA) is 52.6 Å². The van der Waals surface area contributed by atoms with Crippen molar-refractivity contribution in [2.24, 2.45) is 5.41 Å². The lowest BCUT2D eigenvalue weighted by Gasteiger charge is -2.23. The summed E-state index contributed by atoms with van der Waals surface area (Å²) in [7, 11) is 0. The maximum atomic E-state index is 12.4. The minimum Gasteiger partial charge on any atom is -0.462 e. The van der Waals surface area contributed by atoms with Crippen LogP contribution in [0.5, 0.6) is 0 Å². The summed E-state index contributed by atoms with van der Waals surface area (Å²) >= 11 is 6.33. The second kappa shape index (κ2) is 5.85. The fourth-order valence-corrected chi connectivity index (χ4v) is 2.95. The van der Waals surface area contributed by atoms with E-state index in [0.717, 1.165) is 10.8 Å². The first-order valence-corrected chi connectivity index (χ1v) is 7.83. The van der Waals surface area contributed by atoms with Gasteiger partial charge in [-0.2, -0.15) is 0 Å². The Morgan fingerprint density at radius 1 is 1.26 bits per heavy atom. The number of fused-ring (bicyclic) bond motifs is 1. The molecule has 0 radical (unpaired) electrons. The van der Waals surface area contributed by atoms with Crippen LogP contribution in [0.3, 0.4) is 0 Å². The van der Waals surface area contributed by atoms with E-state index in [-0.39, 0.29) is 6.61 Å². The highest BCUT2D eigenvalue weighted by atomic mass is 35.5. The zero-order valence-corrected chi connectivity index (χ0v) is 13.7. The van der Waals surface area contributed by atoms with Gasteiger partial charge < -0.3 is 9.47 Å². The number of ether oxygens (including phenoxy) is 2. The number of alkyl halides is 1. The van der Waals surface area contributed by atoms with Gasteiger partial charge in [-0.3, -0.25) is 4.79 Å². The van der Waals surface area contributed by atoms with Crippen LogP contribution in [0.1, 0.15) is 24.8 Å². The van der Waals surface area contributed by atoms with E-state index < -0.39 is 28.8 Å². The van der Waals surface area contributed by atoms with Gasteiger partial charge in [0.15, 0.2) is 5.38 Å². The standard InChI is InChI=1S/C18H17ClO4/c1-18(2)10-22-17(21)15(18)23-16(20)14(19)13-9-5-7-11-6-3-4-8-12(11)13/h3-9,14-15H,10H2,1-2H3/t14-,15+/m1/s1. The number of carbonyl (C=O) groups is 2. The molecule has 2 aromatic carbocycles. The average Bonchev–Trinajstić information content (AvgIpc) is 2.80. The zero-order valence-electron chi connectivity index (χ0n) is 12.9. The van der Waals surface area contributed by atoms with Crippen LogP contribution in [-0.4, -0.2) is 24.6 Å². The SMILES string of the molecule is CC1(C)COC(=O)[C@@H]1OC(=O)[C@H](Cl)c1cccc2ccccc12. The molecule has 0 N–H and O–H groups in total. The van der Waals surface area contributed by atoms with E-state index in [2.05, 4.69) is 0 Å². The molecule has 1 fully saturated rings. The molecule has 1 aliphatic rings. The smallest absolute Gasteiger partial charge is 0.348 e. The van der Waals surface area contributed by atoms with E-state index in [1.165, 1.54) is 0 Å². The molecule has 0 aromatic heterocycles. The summed E-state index contributed by atoms with van der Waals surface area (Å²) in [6.45, 7) is 3.86. The molecule has 0 bridgehead atoms. The summed E-state index contributed by atoms with van der Waals surface area (Å²) in [5.74, 6) is -1.16. The van der Waals surface area contributed by atoms with Crippen molar-refractivity contribution in [3.8, 4) is 0 Å². The van der Waals surface area contributed by atoms with Crippen molar-refractivity contribution < 1.29 is 19.1 Å². The molecule has 0 saturated carbocycles. The van der Waals surface area contributed by atoms with E-state index in [4.69, 9.17) is 21.1 Å².